The third-order valence-corrected chi connectivity index (χ3v) is 2.91. The van der Waals surface area contributed by atoms with Crippen molar-refractivity contribution in [1.82, 2.24) is 5.32 Å². The topological polar surface area (TPSA) is 30.5 Å². The molecule has 0 aromatic heterocycles. The quantitative estimate of drug-likeness (QED) is 0.752. The summed E-state index contributed by atoms with van der Waals surface area (Å²) < 4.78 is 11.8. The van der Waals surface area contributed by atoms with Crippen LogP contribution in [0.5, 0.6) is 0 Å². The van der Waals surface area contributed by atoms with Crippen LogP contribution < -0.4 is 5.32 Å². The van der Waals surface area contributed by atoms with Crippen molar-refractivity contribution < 1.29 is 9.47 Å². The van der Waals surface area contributed by atoms with Crippen molar-refractivity contribution in [2.75, 3.05) is 13.2 Å². The Labute approximate surface area is 99.9 Å². The molecule has 1 heterocycles. The number of ether oxygens (including phenoxy) is 2. The average Bonchev–Trinajstić information content (AvgIpc) is 1.97. The molecule has 0 saturated carbocycles. The molecule has 0 bridgehead atoms. The van der Waals surface area contributed by atoms with Crippen LogP contribution in [-0.2, 0) is 9.47 Å². The van der Waals surface area contributed by atoms with Gasteiger partial charge in [-0.2, -0.15) is 0 Å². The molecule has 0 radical (unpaired) electrons. The molecule has 1 fully saturated rings. The van der Waals surface area contributed by atoms with Crippen molar-refractivity contribution in [3.8, 4) is 0 Å². The molecule has 0 aromatic carbocycles. The summed E-state index contributed by atoms with van der Waals surface area (Å²) in [6.45, 7) is 14.3. The molecule has 3 heteroatoms. The first-order chi connectivity index (χ1) is 7.24. The predicted octanol–water partition coefficient (Wildman–Crippen LogP) is 2.70. The molecule has 1 rings (SSSR count). The summed E-state index contributed by atoms with van der Waals surface area (Å²) in [5, 5.41) is 3.64. The Balaban J connectivity index is 2.90. The Morgan fingerprint density at radius 3 is 1.56 bits per heavy atom. The first-order valence-electron chi connectivity index (χ1n) is 6.31. The van der Waals surface area contributed by atoms with E-state index in [-0.39, 0.29) is 11.1 Å². The van der Waals surface area contributed by atoms with E-state index in [9.17, 15) is 0 Å². The van der Waals surface area contributed by atoms with Crippen LogP contribution in [-0.4, -0.2) is 30.1 Å². The van der Waals surface area contributed by atoms with Crippen LogP contribution >= 0.6 is 0 Å². The fourth-order valence-corrected chi connectivity index (χ4v) is 3.19. The highest BCUT2D eigenvalue weighted by Gasteiger charge is 2.48. The van der Waals surface area contributed by atoms with Gasteiger partial charge in [0.2, 0.25) is 0 Å². The molecule has 96 valence electrons. The van der Waals surface area contributed by atoms with Gasteiger partial charge < -0.3 is 14.8 Å². The molecule has 0 atom stereocenters. The highest BCUT2D eigenvalue weighted by molar-refractivity contribution is 5.01. The zero-order chi connectivity index (χ0) is 12.4. The maximum atomic E-state index is 5.92. The molecular weight excluding hydrogens is 202 g/mol. The fourth-order valence-electron chi connectivity index (χ4n) is 3.19. The van der Waals surface area contributed by atoms with Crippen molar-refractivity contribution in [2.45, 2.75) is 71.2 Å². The minimum atomic E-state index is -0.415. The Kier molecular flexibility index (Phi) is 4.04. The van der Waals surface area contributed by atoms with Crippen molar-refractivity contribution in [1.29, 1.82) is 0 Å². The van der Waals surface area contributed by atoms with Gasteiger partial charge in [0.05, 0.1) is 0 Å². The van der Waals surface area contributed by atoms with Gasteiger partial charge in [-0.05, 0) is 41.5 Å². The molecule has 1 aliphatic heterocycles. The maximum Gasteiger partial charge on any atom is 0.171 e. The summed E-state index contributed by atoms with van der Waals surface area (Å²) in [5.74, 6) is -0.415. The smallest absolute Gasteiger partial charge is 0.171 e. The monoisotopic (exact) mass is 229 g/mol. The van der Waals surface area contributed by atoms with Gasteiger partial charge >= 0.3 is 0 Å². The van der Waals surface area contributed by atoms with Crippen LogP contribution in [0.15, 0.2) is 0 Å². The van der Waals surface area contributed by atoms with Crippen molar-refractivity contribution in [3.05, 3.63) is 0 Å². The van der Waals surface area contributed by atoms with Crippen molar-refractivity contribution in [3.63, 3.8) is 0 Å². The number of rotatable bonds is 4. The van der Waals surface area contributed by atoms with Crippen LogP contribution in [0.4, 0.5) is 0 Å². The lowest BCUT2D eigenvalue weighted by Gasteiger charge is -2.52. The summed E-state index contributed by atoms with van der Waals surface area (Å²) in [6, 6.07) is 0. The SMILES string of the molecule is CCOC1(OCC)CC(C)(C)NC(C)(C)C1. The summed E-state index contributed by atoms with van der Waals surface area (Å²) in [6.07, 6.45) is 1.79. The molecule has 1 saturated heterocycles. The molecular formula is C13H27NO2. The zero-order valence-corrected chi connectivity index (χ0v) is 11.6. The van der Waals surface area contributed by atoms with Gasteiger partial charge in [-0.1, -0.05) is 0 Å². The Morgan fingerprint density at radius 1 is 0.875 bits per heavy atom. The molecule has 1 N–H and O–H groups in total. The third-order valence-electron chi connectivity index (χ3n) is 2.91. The van der Waals surface area contributed by atoms with Crippen molar-refractivity contribution in [2.24, 2.45) is 0 Å². The van der Waals surface area contributed by atoms with E-state index >= 15 is 0 Å². The normalized spacial score (nSPS) is 26.6. The second kappa shape index (κ2) is 4.63. The Bertz CT molecular complexity index is 212. The van der Waals surface area contributed by atoms with E-state index in [0.29, 0.717) is 13.2 Å². The van der Waals surface area contributed by atoms with Gasteiger partial charge in [-0.15, -0.1) is 0 Å². The van der Waals surface area contributed by atoms with Gasteiger partial charge in [0.25, 0.3) is 0 Å². The van der Waals surface area contributed by atoms with Gasteiger partial charge in [0.1, 0.15) is 0 Å². The first kappa shape index (κ1) is 13.9. The number of hydrogen-bond acceptors (Lipinski definition) is 3. The minimum Gasteiger partial charge on any atom is -0.350 e. The van der Waals surface area contributed by atoms with Crippen LogP contribution in [0.2, 0.25) is 0 Å². The minimum absolute atomic E-state index is 0.0477. The van der Waals surface area contributed by atoms with E-state index in [0.717, 1.165) is 12.8 Å². The summed E-state index contributed by atoms with van der Waals surface area (Å²) in [4.78, 5) is 0. The van der Waals surface area contributed by atoms with Crippen LogP contribution in [0, 0.1) is 0 Å². The maximum absolute atomic E-state index is 5.92. The first-order valence-corrected chi connectivity index (χ1v) is 6.31. The van der Waals surface area contributed by atoms with Crippen LogP contribution in [0.25, 0.3) is 0 Å². The molecule has 0 aromatic rings. The third kappa shape index (κ3) is 3.44. The molecule has 16 heavy (non-hydrogen) atoms. The highest BCUT2D eigenvalue weighted by Crippen LogP contribution is 2.39. The van der Waals surface area contributed by atoms with E-state index in [1.54, 1.807) is 0 Å². The molecule has 0 spiro atoms. The van der Waals surface area contributed by atoms with Crippen LogP contribution in [0.3, 0.4) is 0 Å². The summed E-state index contributed by atoms with van der Waals surface area (Å²) >= 11 is 0. The van der Waals surface area contributed by atoms with Gasteiger partial charge in [-0.25, -0.2) is 0 Å². The second-order valence-electron chi connectivity index (χ2n) is 6.02. The molecule has 1 aliphatic rings. The van der Waals surface area contributed by atoms with Gasteiger partial charge in [0, 0.05) is 37.1 Å². The number of hydrogen-bond donors (Lipinski definition) is 1. The molecule has 0 unspecified atom stereocenters. The molecule has 0 aliphatic carbocycles. The van der Waals surface area contributed by atoms with E-state index in [4.69, 9.17) is 9.47 Å². The van der Waals surface area contributed by atoms with E-state index in [1.807, 2.05) is 13.8 Å². The highest BCUT2D eigenvalue weighted by atomic mass is 16.7. The lowest BCUT2D eigenvalue weighted by molar-refractivity contribution is -0.268. The zero-order valence-electron chi connectivity index (χ0n) is 11.6. The fraction of sp³-hybridized carbons (Fsp3) is 1.00. The Morgan fingerprint density at radius 2 is 1.25 bits per heavy atom. The number of piperidine rings is 1. The molecule has 0 amide bonds. The van der Waals surface area contributed by atoms with Crippen LogP contribution in [0.1, 0.15) is 54.4 Å². The van der Waals surface area contributed by atoms with Gasteiger partial charge in [0.15, 0.2) is 5.79 Å². The largest absolute Gasteiger partial charge is 0.350 e. The van der Waals surface area contributed by atoms with E-state index in [2.05, 4.69) is 33.0 Å². The van der Waals surface area contributed by atoms with E-state index < -0.39 is 5.79 Å². The van der Waals surface area contributed by atoms with Gasteiger partial charge in [-0.3, -0.25) is 0 Å². The number of nitrogens with one attached hydrogen (secondary N) is 1. The molecule has 3 nitrogen and oxygen atoms in total. The second-order valence-corrected chi connectivity index (χ2v) is 6.02. The lowest BCUT2D eigenvalue weighted by Crippen LogP contribution is -2.64. The predicted molar refractivity (Wildman–Crippen MR) is 66.5 cm³/mol. The van der Waals surface area contributed by atoms with E-state index in [1.165, 1.54) is 0 Å². The standard InChI is InChI=1S/C13H27NO2/c1-7-15-13(16-8-2)9-11(3,4)14-12(5,6)10-13/h14H,7-10H2,1-6H3. The lowest BCUT2D eigenvalue weighted by atomic mass is 9.78. The average molecular weight is 229 g/mol. The van der Waals surface area contributed by atoms with Crippen molar-refractivity contribution >= 4 is 0 Å². The summed E-state index contributed by atoms with van der Waals surface area (Å²) in [7, 11) is 0. The summed E-state index contributed by atoms with van der Waals surface area (Å²) in [5.41, 5.74) is 0.0954. The Hall–Kier alpha value is -0.120.